The van der Waals surface area contributed by atoms with Crippen LogP contribution in [0.25, 0.3) is 0 Å². The van der Waals surface area contributed by atoms with Gasteiger partial charge in [0, 0.05) is 32.7 Å². The van der Waals surface area contributed by atoms with E-state index in [-0.39, 0.29) is 23.2 Å². The molecule has 9 heteroatoms. The molecule has 0 radical (unpaired) electrons. The van der Waals surface area contributed by atoms with Crippen LogP contribution >= 0.6 is 0 Å². The van der Waals surface area contributed by atoms with Gasteiger partial charge in [0.25, 0.3) is 15.9 Å². The number of nitrogens with zero attached hydrogens (tertiary/aromatic N) is 3. The number of benzene rings is 3. The number of sulfonamides is 1. The summed E-state index contributed by atoms with van der Waals surface area (Å²) in [4.78, 5) is 16.4. The molecule has 3 aromatic rings. The number of hydrogen-bond donors (Lipinski definition) is 0. The Bertz CT molecular complexity index is 1340. The van der Waals surface area contributed by atoms with Gasteiger partial charge in [-0.05, 0) is 60.9 Å². The van der Waals surface area contributed by atoms with Gasteiger partial charge < -0.3 is 14.5 Å². The average molecular weight is 510 g/mol. The number of hydrogen-bond acceptors (Lipinski definition) is 5. The Kier molecular flexibility index (Phi) is 6.82. The maximum absolute atomic E-state index is 14.0. The standard InChI is InChI=1S/C27H28FN3O4S/c28-24-8-2-4-10-26(24)29-16-18-30(19-17-29)27(32)20-35-22-11-13-23(14-12-22)36(33,34)31-15-5-7-21-6-1-3-9-25(21)31/h1-4,6,8-14H,5,7,15-20H2. The van der Waals surface area contributed by atoms with Crippen molar-refractivity contribution in [3.8, 4) is 5.75 Å². The molecule has 0 aliphatic carbocycles. The van der Waals surface area contributed by atoms with Crippen molar-refractivity contribution in [1.29, 1.82) is 0 Å². The molecule has 1 saturated heterocycles. The second kappa shape index (κ2) is 10.2. The number of piperazine rings is 1. The Morgan fingerprint density at radius 2 is 1.50 bits per heavy atom. The van der Waals surface area contributed by atoms with Gasteiger partial charge in [-0.3, -0.25) is 9.10 Å². The van der Waals surface area contributed by atoms with Crippen LogP contribution in [0.4, 0.5) is 15.8 Å². The minimum atomic E-state index is -3.70. The molecule has 0 saturated carbocycles. The molecule has 0 atom stereocenters. The molecular formula is C27H28FN3O4S. The first kappa shape index (κ1) is 24.1. The molecule has 2 aliphatic heterocycles. The first-order valence-corrected chi connectivity index (χ1v) is 13.5. The van der Waals surface area contributed by atoms with Crippen LogP contribution in [0.2, 0.25) is 0 Å². The van der Waals surface area contributed by atoms with Crippen molar-refractivity contribution < 1.29 is 22.3 Å². The normalized spacial score (nSPS) is 16.0. The van der Waals surface area contributed by atoms with Crippen LogP contribution in [0.3, 0.4) is 0 Å². The Balaban J connectivity index is 1.17. The number of rotatable bonds is 6. The zero-order chi connectivity index (χ0) is 25.1. The molecule has 2 aliphatic rings. The molecule has 1 amide bonds. The fourth-order valence-electron chi connectivity index (χ4n) is 4.73. The minimum absolute atomic E-state index is 0.148. The van der Waals surface area contributed by atoms with Gasteiger partial charge >= 0.3 is 0 Å². The zero-order valence-corrected chi connectivity index (χ0v) is 20.7. The third-order valence-corrected chi connectivity index (χ3v) is 8.49. The number of ether oxygens (including phenoxy) is 1. The Morgan fingerprint density at radius 3 is 2.22 bits per heavy atom. The van der Waals surface area contributed by atoms with Crippen molar-refractivity contribution >= 4 is 27.3 Å². The van der Waals surface area contributed by atoms with E-state index in [1.165, 1.54) is 22.5 Å². The van der Waals surface area contributed by atoms with Crippen LogP contribution in [-0.2, 0) is 21.2 Å². The van der Waals surface area contributed by atoms with Crippen LogP contribution in [-0.4, -0.2) is 58.6 Å². The van der Waals surface area contributed by atoms with Crippen molar-refractivity contribution in [2.24, 2.45) is 0 Å². The van der Waals surface area contributed by atoms with Crippen molar-refractivity contribution in [3.05, 3.63) is 84.2 Å². The molecule has 1 fully saturated rings. The van der Waals surface area contributed by atoms with Gasteiger partial charge in [0.05, 0.1) is 16.3 Å². The molecule has 3 aromatic carbocycles. The smallest absolute Gasteiger partial charge is 0.264 e. The molecule has 0 unspecified atom stereocenters. The van der Waals surface area contributed by atoms with Crippen molar-refractivity contribution in [2.75, 3.05) is 48.5 Å². The lowest BCUT2D eigenvalue weighted by molar-refractivity contribution is -0.133. The monoisotopic (exact) mass is 509 g/mol. The van der Waals surface area contributed by atoms with E-state index in [9.17, 15) is 17.6 Å². The summed E-state index contributed by atoms with van der Waals surface area (Å²) in [6.07, 6.45) is 1.63. The van der Waals surface area contributed by atoms with Gasteiger partial charge in [0.15, 0.2) is 6.61 Å². The van der Waals surface area contributed by atoms with Gasteiger partial charge in [-0.1, -0.05) is 30.3 Å². The van der Waals surface area contributed by atoms with Crippen LogP contribution in [0.15, 0.2) is 77.7 Å². The molecule has 0 spiro atoms. The minimum Gasteiger partial charge on any atom is -0.484 e. The van der Waals surface area contributed by atoms with Crippen molar-refractivity contribution in [3.63, 3.8) is 0 Å². The van der Waals surface area contributed by atoms with Crippen LogP contribution in [0.5, 0.6) is 5.75 Å². The predicted octanol–water partition coefficient (Wildman–Crippen LogP) is 3.69. The third-order valence-electron chi connectivity index (χ3n) is 6.67. The van der Waals surface area contributed by atoms with E-state index in [1.807, 2.05) is 29.2 Å². The molecule has 0 aromatic heterocycles. The largest absolute Gasteiger partial charge is 0.484 e. The molecule has 7 nitrogen and oxygen atoms in total. The van der Waals surface area contributed by atoms with Gasteiger partial charge in [0.2, 0.25) is 0 Å². The maximum Gasteiger partial charge on any atom is 0.264 e. The number of fused-ring (bicyclic) bond motifs is 1. The Morgan fingerprint density at radius 1 is 0.833 bits per heavy atom. The van der Waals surface area contributed by atoms with Gasteiger partial charge in [-0.15, -0.1) is 0 Å². The molecule has 36 heavy (non-hydrogen) atoms. The van der Waals surface area contributed by atoms with E-state index in [0.29, 0.717) is 44.2 Å². The summed E-state index contributed by atoms with van der Waals surface area (Å²) in [6.45, 7) is 2.33. The number of carbonyl (C=O) groups excluding carboxylic acids is 1. The van der Waals surface area contributed by atoms with Crippen LogP contribution < -0.4 is 13.9 Å². The average Bonchev–Trinajstić information content (AvgIpc) is 2.92. The molecule has 2 heterocycles. The summed E-state index contributed by atoms with van der Waals surface area (Å²) in [5.41, 5.74) is 2.30. The van der Waals surface area contributed by atoms with Gasteiger partial charge in [-0.2, -0.15) is 0 Å². The summed E-state index contributed by atoms with van der Waals surface area (Å²) in [5.74, 6) is -0.00768. The molecule has 5 rings (SSSR count). The summed E-state index contributed by atoms with van der Waals surface area (Å²) >= 11 is 0. The quantitative estimate of drug-likeness (QED) is 0.507. The van der Waals surface area contributed by atoms with Crippen molar-refractivity contribution in [2.45, 2.75) is 17.7 Å². The van der Waals surface area contributed by atoms with Crippen molar-refractivity contribution in [1.82, 2.24) is 4.90 Å². The predicted molar refractivity (Wildman–Crippen MR) is 136 cm³/mol. The number of carbonyl (C=O) groups is 1. The van der Waals surface area contributed by atoms with E-state index in [1.54, 1.807) is 35.2 Å². The van der Waals surface area contributed by atoms with E-state index < -0.39 is 10.0 Å². The van der Waals surface area contributed by atoms with E-state index >= 15 is 0 Å². The Hall–Kier alpha value is -3.59. The summed E-state index contributed by atoms with van der Waals surface area (Å²) in [5, 5.41) is 0. The SMILES string of the molecule is O=C(COc1ccc(S(=O)(=O)N2CCCc3ccccc32)cc1)N1CCN(c2ccccc2F)CC1. The molecule has 0 N–H and O–H groups in total. The van der Waals surface area contributed by atoms with E-state index in [0.717, 1.165) is 24.1 Å². The first-order valence-electron chi connectivity index (χ1n) is 12.0. The number of halogens is 1. The second-order valence-electron chi connectivity index (χ2n) is 8.89. The highest BCUT2D eigenvalue weighted by molar-refractivity contribution is 7.92. The lowest BCUT2D eigenvalue weighted by Crippen LogP contribution is -2.50. The molecule has 188 valence electrons. The van der Waals surface area contributed by atoms with Crippen LogP contribution in [0, 0.1) is 5.82 Å². The number of anilines is 2. The lowest BCUT2D eigenvalue weighted by Gasteiger charge is -2.36. The fraction of sp³-hybridized carbons (Fsp3) is 0.296. The Labute approximate surface area is 210 Å². The number of amides is 1. The lowest BCUT2D eigenvalue weighted by atomic mass is 10.0. The highest BCUT2D eigenvalue weighted by Gasteiger charge is 2.29. The molecule has 0 bridgehead atoms. The van der Waals surface area contributed by atoms with Gasteiger partial charge in [-0.25, -0.2) is 12.8 Å². The topological polar surface area (TPSA) is 70.2 Å². The van der Waals surface area contributed by atoms with E-state index in [2.05, 4.69) is 0 Å². The maximum atomic E-state index is 14.0. The highest BCUT2D eigenvalue weighted by Crippen LogP contribution is 2.32. The first-order chi connectivity index (χ1) is 17.4. The highest BCUT2D eigenvalue weighted by atomic mass is 32.2. The fourth-order valence-corrected chi connectivity index (χ4v) is 6.27. The van der Waals surface area contributed by atoms with Gasteiger partial charge in [0.1, 0.15) is 11.6 Å². The second-order valence-corrected chi connectivity index (χ2v) is 10.8. The zero-order valence-electron chi connectivity index (χ0n) is 19.8. The third kappa shape index (κ3) is 4.88. The van der Waals surface area contributed by atoms with Crippen LogP contribution in [0.1, 0.15) is 12.0 Å². The summed E-state index contributed by atoms with van der Waals surface area (Å²) < 4.78 is 47.7. The van der Waals surface area contributed by atoms with E-state index in [4.69, 9.17) is 4.74 Å². The molecular weight excluding hydrogens is 481 g/mol. The number of para-hydroxylation sites is 2. The number of aryl methyl sites for hydroxylation is 1. The summed E-state index contributed by atoms with van der Waals surface area (Å²) in [7, 11) is -3.70. The summed E-state index contributed by atoms with van der Waals surface area (Å²) in [6, 6.07) is 20.4.